The lowest BCUT2D eigenvalue weighted by Crippen LogP contribution is -2.33. The lowest BCUT2D eigenvalue weighted by molar-refractivity contribution is 0.0996. The molecule has 0 radical (unpaired) electrons. The van der Waals surface area contributed by atoms with Gasteiger partial charge in [0, 0.05) is 11.3 Å². The van der Waals surface area contributed by atoms with E-state index in [1.165, 1.54) is 0 Å². The lowest BCUT2D eigenvalue weighted by atomic mass is 10.1. The molecule has 82 valence electrons. The standard InChI is InChI=1S/C9H11N3OS.ClH/c10-7-3-1-6(2-4-7)8(13)5-12-9(11)14;/h1-4H,5,10H2,(H3,11,12,14);1H. The van der Waals surface area contributed by atoms with Gasteiger partial charge in [-0.1, -0.05) is 0 Å². The molecule has 0 bridgehead atoms. The molecule has 1 aromatic rings. The molecular formula is C9H12ClN3OS. The van der Waals surface area contributed by atoms with Crippen molar-refractivity contribution in [2.45, 2.75) is 0 Å². The number of ketones is 1. The molecule has 1 aromatic carbocycles. The molecule has 0 spiro atoms. The number of hydrogen-bond donors (Lipinski definition) is 3. The van der Waals surface area contributed by atoms with Crippen molar-refractivity contribution in [3.05, 3.63) is 29.8 Å². The van der Waals surface area contributed by atoms with Gasteiger partial charge in [-0.2, -0.15) is 0 Å². The smallest absolute Gasteiger partial charge is 0.181 e. The summed E-state index contributed by atoms with van der Waals surface area (Å²) >= 11 is 4.58. The number of carbonyl (C=O) groups excluding carboxylic acids is 1. The van der Waals surface area contributed by atoms with Gasteiger partial charge in [0.15, 0.2) is 10.9 Å². The van der Waals surface area contributed by atoms with E-state index in [1.807, 2.05) is 0 Å². The van der Waals surface area contributed by atoms with Gasteiger partial charge in [-0.25, -0.2) is 0 Å². The molecule has 0 aliphatic carbocycles. The zero-order valence-electron chi connectivity index (χ0n) is 7.90. The minimum atomic E-state index is -0.0715. The van der Waals surface area contributed by atoms with Gasteiger partial charge in [0.2, 0.25) is 0 Å². The Morgan fingerprint density at radius 3 is 2.33 bits per heavy atom. The van der Waals surface area contributed by atoms with Crippen molar-refractivity contribution < 1.29 is 4.79 Å². The van der Waals surface area contributed by atoms with Crippen LogP contribution in [0.15, 0.2) is 24.3 Å². The summed E-state index contributed by atoms with van der Waals surface area (Å²) in [5.74, 6) is -0.0715. The fourth-order valence-corrected chi connectivity index (χ4v) is 1.01. The van der Waals surface area contributed by atoms with Crippen molar-refractivity contribution in [3.8, 4) is 0 Å². The molecule has 0 unspecified atom stereocenters. The van der Waals surface area contributed by atoms with E-state index in [-0.39, 0.29) is 29.8 Å². The van der Waals surface area contributed by atoms with Gasteiger partial charge in [-0.15, -0.1) is 12.4 Å². The molecule has 0 aliphatic heterocycles. The Morgan fingerprint density at radius 2 is 1.87 bits per heavy atom. The second-order valence-electron chi connectivity index (χ2n) is 2.76. The average molecular weight is 246 g/mol. The van der Waals surface area contributed by atoms with Crippen LogP contribution < -0.4 is 16.8 Å². The molecule has 0 heterocycles. The second kappa shape index (κ2) is 6.21. The van der Waals surface area contributed by atoms with Gasteiger partial charge >= 0.3 is 0 Å². The Hall–Kier alpha value is -1.33. The van der Waals surface area contributed by atoms with Gasteiger partial charge in [0.25, 0.3) is 0 Å². The van der Waals surface area contributed by atoms with Crippen LogP contribution in [0.2, 0.25) is 0 Å². The summed E-state index contributed by atoms with van der Waals surface area (Å²) in [7, 11) is 0. The van der Waals surface area contributed by atoms with Crippen molar-refractivity contribution >= 4 is 41.2 Å². The van der Waals surface area contributed by atoms with Crippen LogP contribution in [0.25, 0.3) is 0 Å². The Bertz CT molecular complexity index is 353. The highest BCUT2D eigenvalue weighted by molar-refractivity contribution is 7.80. The molecule has 0 saturated heterocycles. The molecule has 0 amide bonds. The van der Waals surface area contributed by atoms with E-state index in [2.05, 4.69) is 17.5 Å². The number of halogens is 1. The molecule has 0 atom stereocenters. The molecule has 15 heavy (non-hydrogen) atoms. The van der Waals surface area contributed by atoms with E-state index in [1.54, 1.807) is 24.3 Å². The number of hydrogen-bond acceptors (Lipinski definition) is 3. The molecule has 0 aliphatic rings. The molecule has 1 rings (SSSR count). The summed E-state index contributed by atoms with van der Waals surface area (Å²) in [4.78, 5) is 11.4. The molecule has 0 saturated carbocycles. The fourth-order valence-electron chi connectivity index (χ4n) is 0.938. The Balaban J connectivity index is 0.00000196. The number of rotatable bonds is 3. The summed E-state index contributed by atoms with van der Waals surface area (Å²) < 4.78 is 0. The number of nitrogen functional groups attached to an aromatic ring is 1. The van der Waals surface area contributed by atoms with Crippen molar-refractivity contribution in [2.75, 3.05) is 12.3 Å². The first kappa shape index (κ1) is 13.7. The normalized spacial score (nSPS) is 8.80. The van der Waals surface area contributed by atoms with Crippen LogP contribution in [0.4, 0.5) is 5.69 Å². The number of Topliss-reactive ketones (excluding diaryl/α,β-unsaturated/α-hetero) is 1. The van der Waals surface area contributed by atoms with Gasteiger partial charge < -0.3 is 16.8 Å². The van der Waals surface area contributed by atoms with Gasteiger partial charge in [-0.05, 0) is 36.5 Å². The van der Waals surface area contributed by atoms with E-state index < -0.39 is 0 Å². The third-order valence-electron chi connectivity index (χ3n) is 1.66. The number of nitrogens with one attached hydrogen (secondary N) is 1. The maximum atomic E-state index is 11.4. The first-order chi connectivity index (χ1) is 6.59. The van der Waals surface area contributed by atoms with Gasteiger partial charge in [0.05, 0.1) is 6.54 Å². The zero-order chi connectivity index (χ0) is 10.6. The highest BCUT2D eigenvalue weighted by atomic mass is 35.5. The summed E-state index contributed by atoms with van der Waals surface area (Å²) in [5.41, 5.74) is 11.9. The third kappa shape index (κ3) is 4.62. The van der Waals surface area contributed by atoms with E-state index in [4.69, 9.17) is 11.5 Å². The number of carbonyl (C=O) groups is 1. The van der Waals surface area contributed by atoms with Crippen LogP contribution in [0.5, 0.6) is 0 Å². The summed E-state index contributed by atoms with van der Waals surface area (Å²) in [6.45, 7) is 0.110. The van der Waals surface area contributed by atoms with Crippen LogP contribution >= 0.6 is 24.6 Å². The fraction of sp³-hybridized carbons (Fsp3) is 0.111. The predicted octanol–water partition coefficient (Wildman–Crippen LogP) is 0.707. The molecule has 0 aromatic heterocycles. The number of anilines is 1. The summed E-state index contributed by atoms with van der Waals surface area (Å²) in [6.07, 6.45) is 0. The third-order valence-corrected chi connectivity index (χ3v) is 1.80. The number of benzene rings is 1. The largest absolute Gasteiger partial charge is 0.399 e. The maximum Gasteiger partial charge on any atom is 0.181 e. The monoisotopic (exact) mass is 245 g/mol. The molecular weight excluding hydrogens is 234 g/mol. The van der Waals surface area contributed by atoms with Gasteiger partial charge in [-0.3, -0.25) is 4.79 Å². The molecule has 5 N–H and O–H groups in total. The van der Waals surface area contributed by atoms with Gasteiger partial charge in [0.1, 0.15) is 0 Å². The van der Waals surface area contributed by atoms with Crippen molar-refractivity contribution in [3.63, 3.8) is 0 Å². The van der Waals surface area contributed by atoms with E-state index in [9.17, 15) is 4.79 Å². The molecule has 4 nitrogen and oxygen atoms in total. The van der Waals surface area contributed by atoms with E-state index in [0.29, 0.717) is 11.3 Å². The summed E-state index contributed by atoms with van der Waals surface area (Å²) in [6, 6.07) is 6.68. The lowest BCUT2D eigenvalue weighted by Gasteiger charge is -2.03. The summed E-state index contributed by atoms with van der Waals surface area (Å²) in [5, 5.41) is 2.71. The second-order valence-corrected chi connectivity index (χ2v) is 3.20. The Kier molecular flexibility index (Phi) is 5.66. The van der Waals surface area contributed by atoms with Crippen LogP contribution in [-0.2, 0) is 0 Å². The molecule has 6 heteroatoms. The van der Waals surface area contributed by atoms with E-state index in [0.717, 1.165) is 0 Å². The van der Waals surface area contributed by atoms with E-state index >= 15 is 0 Å². The minimum Gasteiger partial charge on any atom is -0.399 e. The number of thiocarbonyl (C=S) groups is 1. The van der Waals surface area contributed by atoms with Crippen LogP contribution in [0.1, 0.15) is 10.4 Å². The average Bonchev–Trinajstić information content (AvgIpc) is 2.15. The minimum absolute atomic E-state index is 0. The Labute approximate surface area is 99.4 Å². The highest BCUT2D eigenvalue weighted by Crippen LogP contribution is 2.05. The Morgan fingerprint density at radius 1 is 1.33 bits per heavy atom. The molecule has 0 fully saturated rings. The van der Waals surface area contributed by atoms with Crippen LogP contribution in [0, 0.1) is 0 Å². The van der Waals surface area contributed by atoms with Crippen molar-refractivity contribution in [2.24, 2.45) is 5.73 Å². The maximum absolute atomic E-state index is 11.4. The van der Waals surface area contributed by atoms with Crippen molar-refractivity contribution in [1.29, 1.82) is 0 Å². The first-order valence-electron chi connectivity index (χ1n) is 4.01. The number of nitrogens with two attached hydrogens (primary N) is 2. The van der Waals surface area contributed by atoms with Crippen LogP contribution in [0.3, 0.4) is 0 Å². The predicted molar refractivity (Wildman–Crippen MR) is 67.2 cm³/mol. The van der Waals surface area contributed by atoms with Crippen LogP contribution in [-0.4, -0.2) is 17.4 Å². The quantitative estimate of drug-likeness (QED) is 0.415. The SMILES string of the molecule is Cl.NC(=S)NCC(=O)c1ccc(N)cc1. The zero-order valence-corrected chi connectivity index (χ0v) is 9.53. The highest BCUT2D eigenvalue weighted by Gasteiger charge is 2.04. The topological polar surface area (TPSA) is 81.1 Å². The first-order valence-corrected chi connectivity index (χ1v) is 4.42. The van der Waals surface area contributed by atoms with Crippen molar-refractivity contribution in [1.82, 2.24) is 5.32 Å².